The Kier molecular flexibility index (Phi) is 3.27. The van der Waals surface area contributed by atoms with E-state index < -0.39 is 12.1 Å². The monoisotopic (exact) mass is 288 g/mol. The van der Waals surface area contributed by atoms with Crippen LogP contribution in [0.25, 0.3) is 0 Å². The van der Waals surface area contributed by atoms with Crippen molar-refractivity contribution in [2.75, 3.05) is 13.1 Å². The molecule has 1 aromatic heterocycles. The molecule has 0 aliphatic carbocycles. The topological polar surface area (TPSA) is 97.5 Å². The molecule has 1 aliphatic rings. The van der Waals surface area contributed by atoms with Crippen molar-refractivity contribution < 1.29 is 19.4 Å². The second-order valence-corrected chi connectivity index (χ2v) is 4.63. The number of ether oxygens (including phenoxy) is 1. The minimum atomic E-state index is -1.12. The standard InChI is InChI=1S/C13H12N4O4/c18-12(19)11-8-17(15-14-11)9-6-16(7-9)13(20)21-10-4-2-1-3-5-10/h1-5,8-9H,6-7H2,(H,18,19). The van der Waals surface area contributed by atoms with Crippen LogP contribution in [-0.4, -0.2) is 50.2 Å². The lowest BCUT2D eigenvalue weighted by Gasteiger charge is -2.37. The lowest BCUT2D eigenvalue weighted by molar-refractivity contribution is 0.0689. The van der Waals surface area contributed by atoms with Gasteiger partial charge in [0.2, 0.25) is 0 Å². The molecule has 2 heterocycles. The van der Waals surface area contributed by atoms with Gasteiger partial charge in [-0.15, -0.1) is 5.10 Å². The number of aromatic carboxylic acids is 1. The summed E-state index contributed by atoms with van der Waals surface area (Å²) in [7, 11) is 0. The van der Waals surface area contributed by atoms with E-state index in [1.54, 1.807) is 24.3 Å². The highest BCUT2D eigenvalue weighted by atomic mass is 16.6. The quantitative estimate of drug-likeness (QED) is 0.906. The molecule has 8 heteroatoms. The van der Waals surface area contributed by atoms with Crippen LogP contribution in [0.5, 0.6) is 5.75 Å². The summed E-state index contributed by atoms with van der Waals surface area (Å²) in [6.45, 7) is 0.822. The van der Waals surface area contributed by atoms with E-state index in [-0.39, 0.29) is 11.7 Å². The highest BCUT2D eigenvalue weighted by Crippen LogP contribution is 2.22. The summed E-state index contributed by atoms with van der Waals surface area (Å²) in [5.74, 6) is -0.638. The Morgan fingerprint density at radius 3 is 2.57 bits per heavy atom. The number of hydrogen-bond donors (Lipinski definition) is 1. The molecule has 0 radical (unpaired) electrons. The molecule has 0 bridgehead atoms. The first-order valence-corrected chi connectivity index (χ1v) is 6.30. The Hall–Kier alpha value is -2.90. The zero-order valence-electron chi connectivity index (χ0n) is 10.9. The van der Waals surface area contributed by atoms with E-state index in [1.165, 1.54) is 15.8 Å². The molecule has 108 valence electrons. The first-order chi connectivity index (χ1) is 10.1. The first kappa shape index (κ1) is 13.1. The van der Waals surface area contributed by atoms with Gasteiger partial charge in [0.25, 0.3) is 0 Å². The summed E-state index contributed by atoms with van der Waals surface area (Å²) < 4.78 is 6.65. The van der Waals surface area contributed by atoms with Gasteiger partial charge >= 0.3 is 12.1 Å². The van der Waals surface area contributed by atoms with Crippen LogP contribution >= 0.6 is 0 Å². The van der Waals surface area contributed by atoms with Crippen molar-refractivity contribution in [3.05, 3.63) is 42.2 Å². The summed E-state index contributed by atoms with van der Waals surface area (Å²) in [5.41, 5.74) is -0.111. The Bertz CT molecular complexity index is 664. The van der Waals surface area contributed by atoms with Gasteiger partial charge in [0.05, 0.1) is 12.2 Å². The molecular formula is C13H12N4O4. The van der Waals surface area contributed by atoms with Crippen LogP contribution in [0.3, 0.4) is 0 Å². The van der Waals surface area contributed by atoms with E-state index in [2.05, 4.69) is 10.3 Å². The van der Waals surface area contributed by atoms with Crippen molar-refractivity contribution in [1.29, 1.82) is 0 Å². The predicted octanol–water partition coefficient (Wildman–Crippen LogP) is 1.03. The van der Waals surface area contributed by atoms with E-state index in [0.29, 0.717) is 18.8 Å². The third-order valence-corrected chi connectivity index (χ3v) is 3.17. The number of hydrogen-bond acceptors (Lipinski definition) is 5. The minimum absolute atomic E-state index is 0.0751. The maximum Gasteiger partial charge on any atom is 0.415 e. The van der Waals surface area contributed by atoms with Gasteiger partial charge < -0.3 is 14.7 Å². The van der Waals surface area contributed by atoms with Gasteiger partial charge in [0.15, 0.2) is 5.69 Å². The number of likely N-dealkylation sites (tertiary alicyclic amines) is 1. The summed E-state index contributed by atoms with van der Waals surface area (Å²) in [5, 5.41) is 16.1. The predicted molar refractivity (Wildman–Crippen MR) is 70.1 cm³/mol. The van der Waals surface area contributed by atoms with Crippen molar-refractivity contribution in [2.45, 2.75) is 6.04 Å². The third-order valence-electron chi connectivity index (χ3n) is 3.17. The minimum Gasteiger partial charge on any atom is -0.476 e. The maximum atomic E-state index is 11.8. The van der Waals surface area contributed by atoms with Crippen molar-refractivity contribution in [3.63, 3.8) is 0 Å². The average molecular weight is 288 g/mol. The van der Waals surface area contributed by atoms with Gasteiger partial charge in [0.1, 0.15) is 5.75 Å². The van der Waals surface area contributed by atoms with Crippen molar-refractivity contribution in [1.82, 2.24) is 19.9 Å². The Labute approximate surface area is 119 Å². The molecule has 1 amide bonds. The average Bonchev–Trinajstić information content (AvgIpc) is 2.88. The maximum absolute atomic E-state index is 11.8. The number of aromatic nitrogens is 3. The number of carboxylic acids is 1. The molecule has 1 fully saturated rings. The largest absolute Gasteiger partial charge is 0.476 e. The third kappa shape index (κ3) is 2.69. The summed E-state index contributed by atoms with van der Waals surface area (Å²) in [4.78, 5) is 24.1. The number of carboxylic acid groups (broad SMARTS) is 1. The number of benzene rings is 1. The van der Waals surface area contributed by atoms with Gasteiger partial charge in [-0.3, -0.25) is 0 Å². The highest BCUT2D eigenvalue weighted by Gasteiger charge is 2.34. The zero-order valence-corrected chi connectivity index (χ0v) is 10.9. The molecule has 0 saturated carbocycles. The molecule has 0 spiro atoms. The second kappa shape index (κ2) is 5.23. The van der Waals surface area contributed by atoms with Crippen LogP contribution in [-0.2, 0) is 0 Å². The second-order valence-electron chi connectivity index (χ2n) is 4.63. The Morgan fingerprint density at radius 2 is 1.95 bits per heavy atom. The number of rotatable bonds is 3. The van der Waals surface area contributed by atoms with Crippen LogP contribution < -0.4 is 4.74 Å². The molecule has 1 aromatic carbocycles. The smallest absolute Gasteiger partial charge is 0.415 e. The molecule has 8 nitrogen and oxygen atoms in total. The van der Waals surface area contributed by atoms with Crippen molar-refractivity contribution in [2.24, 2.45) is 0 Å². The van der Waals surface area contributed by atoms with Crippen LogP contribution in [0.1, 0.15) is 16.5 Å². The number of amides is 1. The molecular weight excluding hydrogens is 276 g/mol. The fourth-order valence-electron chi connectivity index (χ4n) is 1.98. The number of carbonyl (C=O) groups excluding carboxylic acids is 1. The SMILES string of the molecule is O=C(O)c1cn(C2CN(C(=O)Oc3ccccc3)C2)nn1. The van der Waals surface area contributed by atoms with E-state index >= 15 is 0 Å². The first-order valence-electron chi connectivity index (χ1n) is 6.30. The highest BCUT2D eigenvalue weighted by molar-refractivity contribution is 5.84. The normalized spacial score (nSPS) is 14.6. The van der Waals surface area contributed by atoms with Gasteiger partial charge in [0, 0.05) is 13.1 Å². The molecule has 1 N–H and O–H groups in total. The molecule has 0 atom stereocenters. The number of para-hydroxylation sites is 1. The van der Waals surface area contributed by atoms with Gasteiger partial charge in [-0.25, -0.2) is 14.3 Å². The molecule has 3 rings (SSSR count). The van der Waals surface area contributed by atoms with Gasteiger partial charge in [-0.05, 0) is 12.1 Å². The van der Waals surface area contributed by atoms with E-state index in [9.17, 15) is 9.59 Å². The summed E-state index contributed by atoms with van der Waals surface area (Å²) in [6, 6.07) is 8.72. The number of nitrogens with zero attached hydrogens (tertiary/aromatic N) is 4. The van der Waals surface area contributed by atoms with Gasteiger partial charge in [-0.1, -0.05) is 23.4 Å². The number of carbonyl (C=O) groups is 2. The van der Waals surface area contributed by atoms with E-state index in [0.717, 1.165) is 0 Å². The Balaban J connectivity index is 1.55. The van der Waals surface area contributed by atoms with Crippen LogP contribution in [0.2, 0.25) is 0 Å². The van der Waals surface area contributed by atoms with Crippen LogP contribution in [0.15, 0.2) is 36.5 Å². The lowest BCUT2D eigenvalue weighted by atomic mass is 10.1. The van der Waals surface area contributed by atoms with E-state index in [4.69, 9.17) is 9.84 Å². The molecule has 0 unspecified atom stereocenters. The van der Waals surface area contributed by atoms with Crippen LogP contribution in [0, 0.1) is 0 Å². The van der Waals surface area contributed by atoms with Crippen LogP contribution in [0.4, 0.5) is 4.79 Å². The lowest BCUT2D eigenvalue weighted by Crippen LogP contribution is -2.51. The van der Waals surface area contributed by atoms with Crippen molar-refractivity contribution >= 4 is 12.1 Å². The molecule has 21 heavy (non-hydrogen) atoms. The fourth-order valence-corrected chi connectivity index (χ4v) is 1.98. The molecule has 1 aliphatic heterocycles. The van der Waals surface area contributed by atoms with E-state index in [1.807, 2.05) is 6.07 Å². The van der Waals surface area contributed by atoms with Crippen molar-refractivity contribution in [3.8, 4) is 5.75 Å². The summed E-state index contributed by atoms with van der Waals surface area (Å²) >= 11 is 0. The zero-order chi connectivity index (χ0) is 14.8. The summed E-state index contributed by atoms with van der Waals surface area (Å²) in [6.07, 6.45) is 0.920. The Morgan fingerprint density at radius 1 is 1.24 bits per heavy atom. The fraction of sp³-hybridized carbons (Fsp3) is 0.231. The van der Waals surface area contributed by atoms with Gasteiger partial charge in [-0.2, -0.15) is 0 Å². The molecule has 2 aromatic rings. The molecule has 1 saturated heterocycles.